The van der Waals surface area contributed by atoms with E-state index in [0.29, 0.717) is 38.3 Å². The van der Waals surface area contributed by atoms with Crippen LogP contribution in [0.2, 0.25) is 0 Å². The van der Waals surface area contributed by atoms with E-state index in [0.717, 1.165) is 25.0 Å². The molecule has 9 heteroatoms. The van der Waals surface area contributed by atoms with Crippen molar-refractivity contribution in [3.8, 4) is 5.75 Å². The number of benzene rings is 1. The number of nitrogens with zero attached hydrogens (tertiary/aromatic N) is 3. The topological polar surface area (TPSA) is 99.6 Å². The molecule has 9 nitrogen and oxygen atoms in total. The molecular weight excluding hydrogens is 534 g/mol. The number of amides is 3. The van der Waals surface area contributed by atoms with E-state index in [4.69, 9.17) is 9.47 Å². The average molecular weight is 580 g/mol. The minimum atomic E-state index is -1.30. The highest BCUT2D eigenvalue weighted by Gasteiger charge is 2.72. The Hall–Kier alpha value is -3.17. The first-order chi connectivity index (χ1) is 20.3. The minimum absolute atomic E-state index is 0.176. The Morgan fingerprint density at radius 1 is 1.02 bits per heavy atom. The molecule has 0 radical (unpaired) electrons. The van der Waals surface area contributed by atoms with E-state index in [-0.39, 0.29) is 30.2 Å². The minimum Gasteiger partial charge on any atom is -0.494 e. The normalized spacial score (nSPS) is 29.5. The molecule has 3 amide bonds. The predicted octanol–water partition coefficient (Wildman–Crippen LogP) is 3.56. The summed E-state index contributed by atoms with van der Waals surface area (Å²) in [7, 11) is 0. The lowest BCUT2D eigenvalue weighted by Gasteiger charge is -2.39. The Bertz CT molecular complexity index is 1210. The molecule has 0 aliphatic carbocycles. The van der Waals surface area contributed by atoms with Crippen molar-refractivity contribution in [2.24, 2.45) is 17.8 Å². The fourth-order valence-corrected chi connectivity index (χ4v) is 7.21. The van der Waals surface area contributed by atoms with E-state index in [1.807, 2.05) is 69.3 Å². The van der Waals surface area contributed by atoms with Crippen LogP contribution in [0.15, 0.2) is 48.6 Å². The molecule has 6 atom stereocenters. The summed E-state index contributed by atoms with van der Waals surface area (Å²) in [5.41, 5.74) is -0.592. The van der Waals surface area contributed by atoms with Crippen LogP contribution in [0, 0.1) is 17.8 Å². The number of unbranched alkanes of at least 4 members (excludes halogenated alkanes) is 2. The summed E-state index contributed by atoms with van der Waals surface area (Å²) in [5.74, 6) is -1.46. The van der Waals surface area contributed by atoms with Gasteiger partial charge in [0.2, 0.25) is 17.7 Å². The zero-order valence-corrected chi connectivity index (χ0v) is 25.3. The SMILES string of the molecule is CCCCCN1CC=C[C@]23O[C@H]4C=CCN(c5ccc(OCC)cc5)C(=O)[C@H]4[C@H]2C(=O)N([C@@H](CO)CC(C)C)C3C1=O. The molecule has 0 saturated carbocycles. The van der Waals surface area contributed by atoms with Crippen molar-refractivity contribution in [1.82, 2.24) is 9.80 Å². The van der Waals surface area contributed by atoms with Crippen LogP contribution >= 0.6 is 0 Å². The highest BCUT2D eigenvalue weighted by Crippen LogP contribution is 2.54. The van der Waals surface area contributed by atoms with E-state index in [9.17, 15) is 19.5 Å². The van der Waals surface area contributed by atoms with Gasteiger partial charge in [-0.3, -0.25) is 14.4 Å². The Morgan fingerprint density at radius 3 is 2.45 bits per heavy atom. The van der Waals surface area contributed by atoms with E-state index >= 15 is 0 Å². The lowest BCUT2D eigenvalue weighted by molar-refractivity contribution is -0.150. The first-order valence-electron chi connectivity index (χ1n) is 15.6. The van der Waals surface area contributed by atoms with E-state index in [1.165, 1.54) is 0 Å². The highest BCUT2D eigenvalue weighted by molar-refractivity contribution is 6.04. The summed E-state index contributed by atoms with van der Waals surface area (Å²) in [4.78, 5) is 48.3. The molecule has 4 aliphatic heterocycles. The molecule has 4 heterocycles. The Labute approximate surface area is 249 Å². The van der Waals surface area contributed by atoms with Crippen molar-refractivity contribution in [1.29, 1.82) is 0 Å². The summed E-state index contributed by atoms with van der Waals surface area (Å²) >= 11 is 0. The number of rotatable bonds is 11. The van der Waals surface area contributed by atoms with Crippen LogP contribution in [0.25, 0.3) is 0 Å². The van der Waals surface area contributed by atoms with E-state index in [2.05, 4.69) is 6.92 Å². The van der Waals surface area contributed by atoms with Gasteiger partial charge in [-0.25, -0.2) is 0 Å². The molecule has 0 aromatic heterocycles. The molecule has 228 valence electrons. The molecule has 1 spiro atoms. The van der Waals surface area contributed by atoms with E-state index in [1.54, 1.807) is 14.7 Å². The number of aliphatic hydroxyl groups is 1. The number of carbonyl (C=O) groups is 3. The van der Waals surface area contributed by atoms with Crippen LogP contribution in [0.5, 0.6) is 5.75 Å². The Kier molecular flexibility index (Phi) is 9.08. The second-order valence-electron chi connectivity index (χ2n) is 12.3. The number of hydrogen-bond donors (Lipinski definition) is 1. The third-order valence-corrected chi connectivity index (χ3v) is 9.02. The monoisotopic (exact) mass is 579 g/mol. The number of aliphatic hydroxyl groups excluding tert-OH is 1. The van der Waals surface area contributed by atoms with Gasteiger partial charge in [0, 0.05) is 25.3 Å². The van der Waals surface area contributed by atoms with Gasteiger partial charge in [-0.05, 0) is 49.9 Å². The Balaban J connectivity index is 1.55. The molecule has 4 aliphatic rings. The molecule has 1 unspecified atom stereocenters. The summed E-state index contributed by atoms with van der Waals surface area (Å²) in [6.45, 7) is 9.74. The number of anilines is 1. The van der Waals surface area contributed by atoms with Gasteiger partial charge in [0.1, 0.15) is 17.4 Å². The van der Waals surface area contributed by atoms with Crippen LogP contribution in [0.1, 0.15) is 53.4 Å². The molecule has 1 aromatic rings. The van der Waals surface area contributed by atoms with Crippen LogP contribution in [-0.4, -0.2) is 89.3 Å². The first-order valence-corrected chi connectivity index (χ1v) is 15.6. The van der Waals surface area contributed by atoms with Crippen molar-refractivity contribution in [2.75, 3.05) is 37.7 Å². The molecule has 2 saturated heterocycles. The standard InChI is InChI=1S/C33H45N3O6/c1-5-7-8-17-34-18-10-16-33-28(31(39)36(29(33)32(34)40)24(21-37)20-22(3)4)27-26(42-33)11-9-19-35(30(27)38)23-12-14-25(15-13-23)41-6-2/h9-16,22,24,26-29,37H,5-8,17-21H2,1-4H3/t24-,26+,27-,28+,29?,33+/m1/s1. The molecule has 1 N–H and O–H groups in total. The maximum Gasteiger partial charge on any atom is 0.249 e. The number of likely N-dealkylation sites (tertiary alicyclic amines) is 1. The quantitative estimate of drug-likeness (QED) is 0.318. The van der Waals surface area contributed by atoms with E-state index < -0.39 is 35.6 Å². The van der Waals surface area contributed by atoms with Gasteiger partial charge < -0.3 is 29.3 Å². The molecule has 42 heavy (non-hydrogen) atoms. The molecule has 0 bridgehead atoms. The fourth-order valence-electron chi connectivity index (χ4n) is 7.21. The lowest BCUT2D eigenvalue weighted by Crippen LogP contribution is -2.58. The fraction of sp³-hybridized carbons (Fsp3) is 0.606. The molecular formula is C33H45N3O6. The van der Waals surface area contributed by atoms with Crippen molar-refractivity contribution in [3.63, 3.8) is 0 Å². The second kappa shape index (κ2) is 12.6. The second-order valence-corrected chi connectivity index (χ2v) is 12.3. The van der Waals surface area contributed by atoms with Gasteiger partial charge in [0.15, 0.2) is 0 Å². The zero-order chi connectivity index (χ0) is 30.0. The summed E-state index contributed by atoms with van der Waals surface area (Å²) in [5, 5.41) is 10.5. The summed E-state index contributed by atoms with van der Waals surface area (Å²) in [6, 6.07) is 5.86. The Morgan fingerprint density at radius 2 is 1.79 bits per heavy atom. The van der Waals surface area contributed by atoms with Gasteiger partial charge in [-0.1, -0.05) is 57.9 Å². The third-order valence-electron chi connectivity index (χ3n) is 9.02. The lowest BCUT2D eigenvalue weighted by atomic mass is 9.77. The van der Waals surface area contributed by atoms with Crippen molar-refractivity contribution < 1.29 is 29.0 Å². The third kappa shape index (κ3) is 5.26. The van der Waals surface area contributed by atoms with Gasteiger partial charge in [-0.15, -0.1) is 0 Å². The van der Waals surface area contributed by atoms with Crippen molar-refractivity contribution in [3.05, 3.63) is 48.6 Å². The van der Waals surface area contributed by atoms with Gasteiger partial charge in [0.05, 0.1) is 37.2 Å². The molecule has 1 aromatic carbocycles. The first kappa shape index (κ1) is 30.3. The number of carbonyl (C=O) groups excluding carboxylic acids is 3. The van der Waals surface area contributed by atoms with Gasteiger partial charge >= 0.3 is 0 Å². The smallest absolute Gasteiger partial charge is 0.249 e. The summed E-state index contributed by atoms with van der Waals surface area (Å²) in [6.07, 6.45) is 10.4. The molecule has 2 fully saturated rings. The zero-order valence-electron chi connectivity index (χ0n) is 25.3. The van der Waals surface area contributed by atoms with Gasteiger partial charge in [-0.2, -0.15) is 0 Å². The maximum atomic E-state index is 14.5. The van der Waals surface area contributed by atoms with Crippen LogP contribution < -0.4 is 9.64 Å². The largest absolute Gasteiger partial charge is 0.494 e. The van der Waals surface area contributed by atoms with Gasteiger partial charge in [0.25, 0.3) is 0 Å². The number of fused-ring (bicyclic) bond motifs is 2. The van der Waals surface area contributed by atoms with Crippen LogP contribution in [0.4, 0.5) is 5.69 Å². The van der Waals surface area contributed by atoms with Crippen LogP contribution in [0.3, 0.4) is 0 Å². The highest BCUT2D eigenvalue weighted by atomic mass is 16.5. The van der Waals surface area contributed by atoms with Crippen molar-refractivity contribution in [2.45, 2.75) is 77.2 Å². The summed E-state index contributed by atoms with van der Waals surface area (Å²) < 4.78 is 12.3. The maximum absolute atomic E-state index is 14.5. The number of hydrogen-bond acceptors (Lipinski definition) is 6. The average Bonchev–Trinajstić information content (AvgIpc) is 3.29. The molecule has 5 rings (SSSR count). The number of ether oxygens (including phenoxy) is 2. The predicted molar refractivity (Wildman–Crippen MR) is 160 cm³/mol. The van der Waals surface area contributed by atoms with Crippen LogP contribution in [-0.2, 0) is 19.1 Å². The van der Waals surface area contributed by atoms with Crippen molar-refractivity contribution >= 4 is 23.4 Å².